The zero-order valence-corrected chi connectivity index (χ0v) is 12.9. The molecule has 1 aromatic heterocycles. The number of fused-ring (bicyclic) bond motifs is 1. The Labute approximate surface area is 126 Å². The molecule has 1 aliphatic carbocycles. The molecule has 0 bridgehead atoms. The van der Waals surface area contributed by atoms with Gasteiger partial charge in [0.25, 0.3) is 0 Å². The first-order valence-corrected chi connectivity index (χ1v) is 7.93. The molecule has 0 saturated heterocycles. The second kappa shape index (κ2) is 6.02. The van der Waals surface area contributed by atoms with Crippen LogP contribution < -0.4 is 4.90 Å². The van der Waals surface area contributed by atoms with Crippen LogP contribution in [0.1, 0.15) is 38.3 Å². The highest BCUT2D eigenvalue weighted by Gasteiger charge is 2.26. The summed E-state index contributed by atoms with van der Waals surface area (Å²) in [5, 5.41) is 10.7. The van der Waals surface area contributed by atoms with Crippen molar-refractivity contribution < 1.29 is 5.11 Å². The predicted octanol–water partition coefficient (Wildman–Crippen LogP) is 3.74. The second-order valence-corrected chi connectivity index (χ2v) is 6.25. The fraction of sp³-hybridized carbons (Fsp3) is 0.500. The van der Waals surface area contributed by atoms with E-state index in [0.717, 1.165) is 11.2 Å². The van der Waals surface area contributed by atoms with Crippen molar-refractivity contribution in [3.05, 3.63) is 36.0 Å². The van der Waals surface area contributed by atoms with Gasteiger partial charge in [0.15, 0.2) is 0 Å². The Hall–Kier alpha value is -1.61. The zero-order chi connectivity index (χ0) is 14.8. The lowest BCUT2D eigenvalue weighted by Crippen LogP contribution is -2.39. The molecule has 0 aliphatic heterocycles. The minimum absolute atomic E-state index is 0.00804. The fourth-order valence-corrected chi connectivity index (χ4v) is 3.63. The van der Waals surface area contributed by atoms with Gasteiger partial charge in [0.05, 0.1) is 17.8 Å². The molecule has 3 nitrogen and oxygen atoms in total. The maximum Gasteiger partial charge on any atom is 0.0854 e. The molecule has 0 spiro atoms. The van der Waals surface area contributed by atoms with E-state index in [9.17, 15) is 5.11 Å². The number of aromatic nitrogens is 1. The molecular weight excluding hydrogens is 260 g/mol. The third-order valence-electron chi connectivity index (χ3n) is 4.85. The first-order chi connectivity index (χ1) is 10.2. The van der Waals surface area contributed by atoms with Crippen molar-refractivity contribution >= 4 is 16.6 Å². The van der Waals surface area contributed by atoms with Gasteiger partial charge < -0.3 is 10.0 Å². The van der Waals surface area contributed by atoms with E-state index in [-0.39, 0.29) is 6.61 Å². The Morgan fingerprint density at radius 3 is 2.76 bits per heavy atom. The predicted molar refractivity (Wildman–Crippen MR) is 87.5 cm³/mol. The van der Waals surface area contributed by atoms with Crippen molar-refractivity contribution in [3.63, 3.8) is 0 Å². The summed E-state index contributed by atoms with van der Waals surface area (Å²) in [5.74, 6) is 0.716. The van der Waals surface area contributed by atoms with E-state index >= 15 is 0 Å². The second-order valence-electron chi connectivity index (χ2n) is 6.25. The molecule has 1 N–H and O–H groups in total. The topological polar surface area (TPSA) is 36.4 Å². The molecule has 0 amide bonds. The molecule has 1 saturated carbocycles. The monoisotopic (exact) mass is 284 g/mol. The van der Waals surface area contributed by atoms with Crippen LogP contribution in [0, 0.1) is 5.92 Å². The quantitative estimate of drug-likeness (QED) is 0.932. The van der Waals surface area contributed by atoms with Gasteiger partial charge in [-0.05, 0) is 30.9 Å². The average molecular weight is 284 g/mol. The number of aliphatic hydroxyl groups excluding tert-OH is 1. The van der Waals surface area contributed by atoms with Gasteiger partial charge in [-0.1, -0.05) is 38.0 Å². The molecule has 1 fully saturated rings. The molecule has 112 valence electrons. The van der Waals surface area contributed by atoms with Crippen LogP contribution in [0.15, 0.2) is 30.3 Å². The molecular formula is C18H24N2O. The van der Waals surface area contributed by atoms with Crippen LogP contribution in [0.5, 0.6) is 0 Å². The number of nitrogens with zero attached hydrogens (tertiary/aromatic N) is 2. The Morgan fingerprint density at radius 1 is 1.24 bits per heavy atom. The lowest BCUT2D eigenvalue weighted by atomic mass is 9.85. The molecule has 1 aliphatic rings. The number of para-hydroxylation sites is 1. The van der Waals surface area contributed by atoms with Gasteiger partial charge >= 0.3 is 0 Å². The van der Waals surface area contributed by atoms with Gasteiger partial charge in [-0.25, -0.2) is 0 Å². The number of benzene rings is 1. The molecule has 1 heterocycles. The van der Waals surface area contributed by atoms with E-state index in [0.29, 0.717) is 12.0 Å². The van der Waals surface area contributed by atoms with Gasteiger partial charge in [-0.2, -0.15) is 0 Å². The maximum atomic E-state index is 9.48. The normalized spacial score (nSPS) is 22.4. The van der Waals surface area contributed by atoms with Crippen LogP contribution in [0.25, 0.3) is 10.9 Å². The van der Waals surface area contributed by atoms with E-state index in [2.05, 4.69) is 36.0 Å². The van der Waals surface area contributed by atoms with Crippen LogP contribution in [-0.2, 0) is 6.61 Å². The highest BCUT2D eigenvalue weighted by Crippen LogP contribution is 2.34. The number of rotatable bonds is 3. The molecule has 21 heavy (non-hydrogen) atoms. The first-order valence-electron chi connectivity index (χ1n) is 7.93. The molecule has 0 radical (unpaired) electrons. The first kappa shape index (κ1) is 14.3. The van der Waals surface area contributed by atoms with Crippen molar-refractivity contribution in [2.45, 2.75) is 45.3 Å². The number of anilines is 1. The zero-order valence-electron chi connectivity index (χ0n) is 12.9. The SMILES string of the molecule is CC1CCCCC1N(C)c1cc(CO)nc2ccccc12. The summed E-state index contributed by atoms with van der Waals surface area (Å²) in [4.78, 5) is 6.93. The van der Waals surface area contributed by atoms with Crippen molar-refractivity contribution in [1.29, 1.82) is 0 Å². The molecule has 3 heteroatoms. The molecule has 3 rings (SSSR count). The highest BCUT2D eigenvalue weighted by atomic mass is 16.3. The summed E-state index contributed by atoms with van der Waals surface area (Å²) in [6, 6.07) is 10.8. The highest BCUT2D eigenvalue weighted by molar-refractivity contribution is 5.92. The van der Waals surface area contributed by atoms with Gasteiger partial charge in [-0.3, -0.25) is 4.98 Å². The third kappa shape index (κ3) is 2.75. The van der Waals surface area contributed by atoms with Crippen LogP contribution in [0.4, 0.5) is 5.69 Å². The fourth-order valence-electron chi connectivity index (χ4n) is 3.63. The maximum absolute atomic E-state index is 9.48. The standard InChI is InChI=1S/C18H24N2O/c1-13-7-3-6-10-17(13)20(2)18-11-14(12-21)19-16-9-5-4-8-15(16)18/h4-5,8-9,11,13,17,21H,3,6-7,10,12H2,1-2H3. The van der Waals surface area contributed by atoms with Gasteiger partial charge in [0, 0.05) is 24.2 Å². The van der Waals surface area contributed by atoms with Gasteiger partial charge in [-0.15, -0.1) is 0 Å². The minimum Gasteiger partial charge on any atom is -0.390 e. The largest absolute Gasteiger partial charge is 0.390 e. The summed E-state index contributed by atoms with van der Waals surface area (Å²) in [6.45, 7) is 2.35. The lowest BCUT2D eigenvalue weighted by Gasteiger charge is -2.38. The Bertz CT molecular complexity index is 626. The third-order valence-corrected chi connectivity index (χ3v) is 4.85. The van der Waals surface area contributed by atoms with Crippen LogP contribution in [0.3, 0.4) is 0 Å². The van der Waals surface area contributed by atoms with Crippen LogP contribution in [-0.4, -0.2) is 23.2 Å². The van der Waals surface area contributed by atoms with E-state index in [1.54, 1.807) is 0 Å². The summed E-state index contributed by atoms with van der Waals surface area (Å²) in [7, 11) is 2.19. The summed E-state index contributed by atoms with van der Waals surface area (Å²) >= 11 is 0. The van der Waals surface area contributed by atoms with Crippen molar-refractivity contribution in [2.75, 3.05) is 11.9 Å². The lowest BCUT2D eigenvalue weighted by molar-refractivity contribution is 0.277. The van der Waals surface area contributed by atoms with E-state index < -0.39 is 0 Å². The van der Waals surface area contributed by atoms with Crippen LogP contribution in [0.2, 0.25) is 0 Å². The Kier molecular flexibility index (Phi) is 4.11. The molecule has 2 atom stereocenters. The Morgan fingerprint density at radius 2 is 2.00 bits per heavy atom. The summed E-state index contributed by atoms with van der Waals surface area (Å²) in [5.41, 5.74) is 2.91. The van der Waals surface area contributed by atoms with E-state index in [4.69, 9.17) is 0 Å². The van der Waals surface area contributed by atoms with Gasteiger partial charge in [0.1, 0.15) is 0 Å². The number of hydrogen-bond donors (Lipinski definition) is 1. The Balaban J connectivity index is 2.05. The number of pyridine rings is 1. The summed E-state index contributed by atoms with van der Waals surface area (Å²) < 4.78 is 0. The average Bonchev–Trinajstić information content (AvgIpc) is 2.53. The van der Waals surface area contributed by atoms with Gasteiger partial charge in [0.2, 0.25) is 0 Å². The molecule has 2 unspecified atom stereocenters. The summed E-state index contributed by atoms with van der Waals surface area (Å²) in [6.07, 6.45) is 5.23. The van der Waals surface area contributed by atoms with E-state index in [1.165, 1.54) is 36.8 Å². The van der Waals surface area contributed by atoms with E-state index in [1.807, 2.05) is 18.2 Å². The molecule has 2 aromatic rings. The smallest absolute Gasteiger partial charge is 0.0854 e. The minimum atomic E-state index is -0.00804. The number of hydrogen-bond acceptors (Lipinski definition) is 3. The molecule has 1 aromatic carbocycles. The number of aliphatic hydroxyl groups is 1. The van der Waals surface area contributed by atoms with Crippen LogP contribution >= 0.6 is 0 Å². The van der Waals surface area contributed by atoms with Crippen molar-refractivity contribution in [1.82, 2.24) is 4.98 Å². The van der Waals surface area contributed by atoms with Crippen molar-refractivity contribution in [3.8, 4) is 0 Å². The van der Waals surface area contributed by atoms with Crippen molar-refractivity contribution in [2.24, 2.45) is 5.92 Å².